The lowest BCUT2D eigenvalue weighted by Crippen LogP contribution is -2.11. The molecule has 0 amide bonds. The predicted molar refractivity (Wildman–Crippen MR) is 57.2 cm³/mol. The van der Waals surface area contributed by atoms with Gasteiger partial charge in [-0.2, -0.15) is 0 Å². The van der Waals surface area contributed by atoms with Gasteiger partial charge in [-0.15, -0.1) is 0 Å². The fourth-order valence-electron chi connectivity index (χ4n) is 1.39. The zero-order valence-electron chi connectivity index (χ0n) is 8.24. The molecule has 0 unspecified atom stereocenters. The molecule has 5 heteroatoms. The average molecular weight is 215 g/mol. The van der Waals surface area contributed by atoms with E-state index < -0.39 is 4.92 Å². The van der Waals surface area contributed by atoms with Crippen LogP contribution in [0.2, 0.25) is 5.02 Å². The van der Waals surface area contributed by atoms with Crippen LogP contribution in [0.15, 0.2) is 12.1 Å². The predicted octanol–water partition coefficient (Wildman–Crippen LogP) is 2.62. The third-order valence-corrected chi connectivity index (χ3v) is 2.18. The lowest BCUT2D eigenvalue weighted by molar-refractivity contribution is -0.384. The molecule has 76 valence electrons. The number of hydrogen-bond acceptors (Lipinski definition) is 3. The van der Waals surface area contributed by atoms with Gasteiger partial charge in [0, 0.05) is 26.2 Å². The highest BCUT2D eigenvalue weighted by Crippen LogP contribution is 2.32. The van der Waals surface area contributed by atoms with Gasteiger partial charge in [0.15, 0.2) is 0 Å². The van der Waals surface area contributed by atoms with Crippen molar-refractivity contribution in [2.45, 2.75) is 6.92 Å². The Labute approximate surface area is 87.2 Å². The molecule has 1 rings (SSSR count). The molecule has 0 aliphatic rings. The molecule has 0 radical (unpaired) electrons. The molecule has 1 aromatic rings. The van der Waals surface area contributed by atoms with E-state index in [2.05, 4.69) is 0 Å². The fraction of sp³-hybridized carbons (Fsp3) is 0.333. The largest absolute Gasteiger partial charge is 0.376 e. The molecule has 0 N–H and O–H groups in total. The number of aryl methyl sites for hydroxylation is 1. The van der Waals surface area contributed by atoms with E-state index >= 15 is 0 Å². The zero-order chi connectivity index (χ0) is 10.9. The Kier molecular flexibility index (Phi) is 2.96. The zero-order valence-corrected chi connectivity index (χ0v) is 9.00. The molecule has 4 nitrogen and oxygen atoms in total. The van der Waals surface area contributed by atoms with Crippen LogP contribution < -0.4 is 4.90 Å². The topological polar surface area (TPSA) is 46.4 Å². The quantitative estimate of drug-likeness (QED) is 0.562. The number of nitro groups is 1. The Bertz CT molecular complexity index is 354. The Morgan fingerprint density at radius 2 is 2.00 bits per heavy atom. The van der Waals surface area contributed by atoms with Gasteiger partial charge in [0.2, 0.25) is 0 Å². The lowest BCUT2D eigenvalue weighted by atomic mass is 10.1. The van der Waals surface area contributed by atoms with Gasteiger partial charge in [-0.3, -0.25) is 10.1 Å². The molecule has 0 aromatic heterocycles. The van der Waals surface area contributed by atoms with Crippen molar-refractivity contribution in [1.82, 2.24) is 0 Å². The SMILES string of the molecule is Cc1cc([N+](=O)[O-])cc(Cl)c1N(C)C. The van der Waals surface area contributed by atoms with E-state index in [1.807, 2.05) is 19.0 Å². The molecular weight excluding hydrogens is 204 g/mol. The fourth-order valence-corrected chi connectivity index (χ4v) is 1.82. The third-order valence-electron chi connectivity index (χ3n) is 1.90. The van der Waals surface area contributed by atoms with Crippen LogP contribution in [0.1, 0.15) is 5.56 Å². The Hall–Kier alpha value is -1.29. The number of rotatable bonds is 2. The number of non-ortho nitro benzene ring substituents is 1. The maximum atomic E-state index is 10.5. The lowest BCUT2D eigenvalue weighted by Gasteiger charge is -2.16. The molecule has 14 heavy (non-hydrogen) atoms. The second-order valence-corrected chi connectivity index (χ2v) is 3.65. The monoisotopic (exact) mass is 214 g/mol. The Balaban J connectivity index is 3.32. The van der Waals surface area contributed by atoms with Gasteiger partial charge in [-0.25, -0.2) is 0 Å². The van der Waals surface area contributed by atoms with Crippen LogP contribution in [0.25, 0.3) is 0 Å². The molecule has 0 aliphatic heterocycles. The molecule has 0 heterocycles. The highest BCUT2D eigenvalue weighted by molar-refractivity contribution is 6.33. The highest BCUT2D eigenvalue weighted by Gasteiger charge is 2.13. The minimum atomic E-state index is -0.446. The van der Waals surface area contributed by atoms with Crippen molar-refractivity contribution in [3.8, 4) is 0 Å². The van der Waals surface area contributed by atoms with Crippen LogP contribution in [0.4, 0.5) is 11.4 Å². The first-order chi connectivity index (χ1) is 6.43. The van der Waals surface area contributed by atoms with Gasteiger partial charge >= 0.3 is 0 Å². The van der Waals surface area contributed by atoms with Crippen molar-refractivity contribution in [2.75, 3.05) is 19.0 Å². The summed E-state index contributed by atoms with van der Waals surface area (Å²) < 4.78 is 0. The van der Waals surface area contributed by atoms with Crippen molar-refractivity contribution in [2.24, 2.45) is 0 Å². The molecular formula is C9H11ClN2O2. The molecule has 0 spiro atoms. The second kappa shape index (κ2) is 3.84. The molecule has 0 atom stereocenters. The minimum Gasteiger partial charge on any atom is -0.376 e. The van der Waals surface area contributed by atoms with E-state index in [1.54, 1.807) is 6.92 Å². The first kappa shape index (κ1) is 10.8. The van der Waals surface area contributed by atoms with Crippen molar-refractivity contribution in [3.63, 3.8) is 0 Å². The maximum Gasteiger partial charge on any atom is 0.271 e. The normalized spacial score (nSPS) is 10.0. The summed E-state index contributed by atoms with van der Waals surface area (Å²) in [7, 11) is 3.69. The summed E-state index contributed by atoms with van der Waals surface area (Å²) in [6.45, 7) is 1.80. The number of halogens is 1. The van der Waals surface area contributed by atoms with Gasteiger partial charge in [0.05, 0.1) is 15.6 Å². The van der Waals surface area contributed by atoms with E-state index in [1.165, 1.54) is 12.1 Å². The molecule has 0 bridgehead atoms. The van der Waals surface area contributed by atoms with Crippen molar-refractivity contribution < 1.29 is 4.92 Å². The smallest absolute Gasteiger partial charge is 0.271 e. The average Bonchev–Trinajstić information content (AvgIpc) is 2.01. The molecule has 0 fully saturated rings. The maximum absolute atomic E-state index is 10.5. The van der Waals surface area contributed by atoms with Crippen LogP contribution in [0.5, 0.6) is 0 Å². The van der Waals surface area contributed by atoms with Gasteiger partial charge in [0.25, 0.3) is 5.69 Å². The van der Waals surface area contributed by atoms with Crippen molar-refractivity contribution in [1.29, 1.82) is 0 Å². The van der Waals surface area contributed by atoms with E-state index in [0.29, 0.717) is 5.02 Å². The Morgan fingerprint density at radius 3 is 2.36 bits per heavy atom. The van der Waals surface area contributed by atoms with Crippen LogP contribution in [0, 0.1) is 17.0 Å². The first-order valence-corrected chi connectivity index (χ1v) is 4.43. The summed E-state index contributed by atoms with van der Waals surface area (Å²) in [5.41, 5.74) is 1.64. The number of benzene rings is 1. The number of nitrogens with zero attached hydrogens (tertiary/aromatic N) is 2. The summed E-state index contributed by atoms with van der Waals surface area (Å²) in [5, 5.41) is 10.9. The van der Waals surface area contributed by atoms with Crippen LogP contribution >= 0.6 is 11.6 Å². The summed E-state index contributed by atoms with van der Waals surface area (Å²) in [5.74, 6) is 0. The third kappa shape index (κ3) is 1.96. The van der Waals surface area contributed by atoms with Gasteiger partial charge in [-0.1, -0.05) is 11.6 Å². The van der Waals surface area contributed by atoms with Gasteiger partial charge < -0.3 is 4.90 Å². The minimum absolute atomic E-state index is 0.0260. The summed E-state index contributed by atoms with van der Waals surface area (Å²) in [6.07, 6.45) is 0. The molecule has 1 aromatic carbocycles. The first-order valence-electron chi connectivity index (χ1n) is 4.05. The summed E-state index contributed by atoms with van der Waals surface area (Å²) >= 11 is 5.93. The van der Waals surface area contributed by atoms with Crippen LogP contribution in [-0.2, 0) is 0 Å². The van der Waals surface area contributed by atoms with E-state index in [4.69, 9.17) is 11.6 Å². The van der Waals surface area contributed by atoms with Crippen molar-refractivity contribution in [3.05, 3.63) is 32.8 Å². The highest BCUT2D eigenvalue weighted by atomic mass is 35.5. The molecule has 0 saturated heterocycles. The van der Waals surface area contributed by atoms with E-state index in [9.17, 15) is 10.1 Å². The van der Waals surface area contributed by atoms with E-state index in [-0.39, 0.29) is 5.69 Å². The van der Waals surface area contributed by atoms with E-state index in [0.717, 1.165) is 11.3 Å². The van der Waals surface area contributed by atoms with Crippen molar-refractivity contribution >= 4 is 23.0 Å². The van der Waals surface area contributed by atoms with Crippen LogP contribution in [-0.4, -0.2) is 19.0 Å². The molecule has 0 saturated carbocycles. The summed E-state index contributed by atoms with van der Waals surface area (Å²) in [6, 6.07) is 2.88. The molecule has 0 aliphatic carbocycles. The van der Waals surface area contributed by atoms with Gasteiger partial charge in [-0.05, 0) is 12.5 Å². The standard InChI is InChI=1S/C9H11ClN2O2/c1-6-4-7(12(13)14)5-8(10)9(6)11(2)3/h4-5H,1-3H3. The Morgan fingerprint density at radius 1 is 1.43 bits per heavy atom. The number of anilines is 1. The second-order valence-electron chi connectivity index (χ2n) is 3.24. The van der Waals surface area contributed by atoms with Crippen LogP contribution in [0.3, 0.4) is 0 Å². The number of hydrogen-bond donors (Lipinski definition) is 0. The summed E-state index contributed by atoms with van der Waals surface area (Å²) in [4.78, 5) is 11.9. The van der Waals surface area contributed by atoms with Gasteiger partial charge in [0.1, 0.15) is 0 Å². The number of nitro benzene ring substituents is 1.